The average Bonchev–Trinajstić information content (AvgIpc) is 3.18. The highest BCUT2D eigenvalue weighted by Gasteiger charge is 2.46. The van der Waals surface area contributed by atoms with Crippen LogP contribution < -0.4 is 9.47 Å². The van der Waals surface area contributed by atoms with Crippen LogP contribution in [0.25, 0.3) is 0 Å². The summed E-state index contributed by atoms with van der Waals surface area (Å²) in [7, 11) is 1.46. The standard InChI is InChI=1S/C23H30O11/c1-10(5-4-6-15(25)26)7-12-20(31-3)11(2)13-9-32-22(30)16(13)21(12)34-23-19(29)18(28)17(27)14(8-24)33-23/h5,14,17-19,23-24,27-29H,4,6-9H2,1-3H3,(H,25,26)/b10-5+/t14-,17-,18+,19-,23+/m1/s1. The van der Waals surface area contributed by atoms with Crippen molar-refractivity contribution in [2.24, 2.45) is 0 Å². The quantitative estimate of drug-likeness (QED) is 0.240. The van der Waals surface area contributed by atoms with E-state index in [0.29, 0.717) is 28.9 Å². The molecule has 5 N–H and O–H groups in total. The van der Waals surface area contributed by atoms with E-state index in [1.165, 1.54) is 7.11 Å². The van der Waals surface area contributed by atoms with Crippen LogP contribution >= 0.6 is 0 Å². The summed E-state index contributed by atoms with van der Waals surface area (Å²) in [4.78, 5) is 23.5. The number of carboxylic acids is 1. The van der Waals surface area contributed by atoms with Gasteiger partial charge in [-0.25, -0.2) is 4.79 Å². The highest BCUT2D eigenvalue weighted by molar-refractivity contribution is 5.98. The fraction of sp³-hybridized carbons (Fsp3) is 0.565. The van der Waals surface area contributed by atoms with Crippen molar-refractivity contribution in [2.75, 3.05) is 13.7 Å². The average molecular weight is 482 g/mol. The summed E-state index contributed by atoms with van der Waals surface area (Å²) >= 11 is 0. The Morgan fingerprint density at radius 2 is 1.88 bits per heavy atom. The third-order valence-corrected chi connectivity index (χ3v) is 6.02. The number of aliphatic hydroxyl groups is 4. The SMILES string of the molecule is COc1c(C)c2c(c(O[C@@H]3O[C@H](CO)[C@@H](O)[C@H](O)[C@H]3O)c1C/C(C)=C/CCC(=O)O)C(=O)OC2. The Balaban J connectivity index is 2.06. The van der Waals surface area contributed by atoms with E-state index in [2.05, 4.69) is 0 Å². The van der Waals surface area contributed by atoms with Gasteiger partial charge in [-0.2, -0.15) is 0 Å². The molecule has 1 aromatic carbocycles. The molecule has 3 rings (SSSR count). The van der Waals surface area contributed by atoms with Gasteiger partial charge in [-0.1, -0.05) is 11.6 Å². The van der Waals surface area contributed by atoms with Gasteiger partial charge >= 0.3 is 11.9 Å². The van der Waals surface area contributed by atoms with Gasteiger partial charge in [-0.3, -0.25) is 4.79 Å². The Morgan fingerprint density at radius 1 is 1.18 bits per heavy atom. The van der Waals surface area contributed by atoms with Crippen molar-refractivity contribution in [3.8, 4) is 11.5 Å². The molecule has 0 saturated carbocycles. The zero-order valence-corrected chi connectivity index (χ0v) is 19.2. The van der Waals surface area contributed by atoms with Gasteiger partial charge in [0, 0.05) is 24.0 Å². The molecule has 0 spiro atoms. The molecule has 0 bridgehead atoms. The number of ether oxygens (including phenoxy) is 4. The van der Waals surface area contributed by atoms with E-state index in [0.717, 1.165) is 5.57 Å². The van der Waals surface area contributed by atoms with Crippen molar-refractivity contribution in [1.82, 2.24) is 0 Å². The Bertz CT molecular complexity index is 968. The van der Waals surface area contributed by atoms with Crippen LogP contribution in [0.1, 0.15) is 46.8 Å². The zero-order valence-electron chi connectivity index (χ0n) is 19.2. The Kier molecular flexibility index (Phi) is 8.16. The number of carboxylic acid groups (broad SMARTS) is 1. The first kappa shape index (κ1) is 25.9. The van der Waals surface area contributed by atoms with E-state index < -0.39 is 49.3 Å². The molecule has 1 fully saturated rings. The molecule has 0 aliphatic carbocycles. The van der Waals surface area contributed by atoms with E-state index in [4.69, 9.17) is 24.1 Å². The molecule has 0 radical (unpaired) electrons. The van der Waals surface area contributed by atoms with Crippen LogP contribution in [0.15, 0.2) is 11.6 Å². The van der Waals surface area contributed by atoms with Crippen LogP contribution in [-0.4, -0.2) is 81.9 Å². The maximum absolute atomic E-state index is 12.6. The van der Waals surface area contributed by atoms with Gasteiger partial charge in [0.05, 0.1) is 13.7 Å². The molecule has 11 heteroatoms. The number of hydrogen-bond acceptors (Lipinski definition) is 10. The summed E-state index contributed by atoms with van der Waals surface area (Å²) in [6.07, 6.45) is -5.39. The molecule has 188 valence electrons. The van der Waals surface area contributed by atoms with Crippen molar-refractivity contribution in [1.29, 1.82) is 0 Å². The van der Waals surface area contributed by atoms with Crippen LogP contribution in [0.4, 0.5) is 0 Å². The van der Waals surface area contributed by atoms with Gasteiger partial charge < -0.3 is 44.5 Å². The van der Waals surface area contributed by atoms with Gasteiger partial charge in [0.15, 0.2) is 0 Å². The van der Waals surface area contributed by atoms with E-state index in [-0.39, 0.29) is 30.8 Å². The first-order valence-corrected chi connectivity index (χ1v) is 10.8. The van der Waals surface area contributed by atoms with Crippen LogP contribution in [0.5, 0.6) is 11.5 Å². The molecule has 1 saturated heterocycles. The number of rotatable bonds is 9. The summed E-state index contributed by atoms with van der Waals surface area (Å²) in [5.41, 5.74) is 2.56. The third-order valence-electron chi connectivity index (χ3n) is 6.02. The molecule has 2 aliphatic heterocycles. The number of allylic oxidation sites excluding steroid dienone is 2. The first-order valence-electron chi connectivity index (χ1n) is 10.8. The summed E-state index contributed by atoms with van der Waals surface area (Å²) in [6.45, 7) is 2.92. The lowest BCUT2D eigenvalue weighted by Gasteiger charge is -2.40. The Labute approximate surface area is 196 Å². The number of aliphatic hydroxyl groups excluding tert-OH is 4. The lowest BCUT2D eigenvalue weighted by atomic mass is 9.93. The number of aliphatic carboxylic acids is 1. The van der Waals surface area contributed by atoms with E-state index >= 15 is 0 Å². The largest absolute Gasteiger partial charge is 0.496 e. The zero-order chi connectivity index (χ0) is 25.2. The summed E-state index contributed by atoms with van der Waals surface area (Å²) < 4.78 is 22.2. The highest BCUT2D eigenvalue weighted by atomic mass is 16.7. The molecule has 0 amide bonds. The van der Waals surface area contributed by atoms with Gasteiger partial charge in [0.25, 0.3) is 0 Å². The molecular weight excluding hydrogens is 452 g/mol. The number of methoxy groups -OCH3 is 1. The number of esters is 1. The molecule has 5 atom stereocenters. The summed E-state index contributed by atoms with van der Waals surface area (Å²) in [5.74, 6) is -1.13. The molecule has 0 unspecified atom stereocenters. The monoisotopic (exact) mass is 482 g/mol. The fourth-order valence-electron chi connectivity index (χ4n) is 4.19. The van der Waals surface area contributed by atoms with Gasteiger partial charge in [-0.15, -0.1) is 0 Å². The predicted octanol–water partition coefficient (Wildman–Crippen LogP) is 0.206. The minimum Gasteiger partial charge on any atom is -0.496 e. The maximum atomic E-state index is 12.6. The van der Waals surface area contributed by atoms with Crippen molar-refractivity contribution in [3.63, 3.8) is 0 Å². The fourth-order valence-corrected chi connectivity index (χ4v) is 4.19. The molecule has 0 aromatic heterocycles. The lowest BCUT2D eigenvalue weighted by molar-refractivity contribution is -0.277. The van der Waals surface area contributed by atoms with Crippen molar-refractivity contribution in [3.05, 3.63) is 33.9 Å². The number of benzene rings is 1. The van der Waals surface area contributed by atoms with E-state index in [1.54, 1.807) is 19.9 Å². The van der Waals surface area contributed by atoms with Crippen LogP contribution in [0.3, 0.4) is 0 Å². The molecule has 2 aliphatic rings. The number of carbonyl (C=O) groups is 2. The number of hydrogen-bond donors (Lipinski definition) is 5. The molecular formula is C23H30O11. The lowest BCUT2D eigenvalue weighted by Crippen LogP contribution is -2.60. The minimum absolute atomic E-state index is 0.00485. The van der Waals surface area contributed by atoms with E-state index in [9.17, 15) is 30.0 Å². The van der Waals surface area contributed by atoms with E-state index in [1.807, 2.05) is 0 Å². The second-order valence-corrected chi connectivity index (χ2v) is 8.37. The first-order chi connectivity index (χ1) is 16.1. The normalized spacial score (nSPS) is 26.7. The topological polar surface area (TPSA) is 172 Å². The molecule has 2 heterocycles. The predicted molar refractivity (Wildman–Crippen MR) is 116 cm³/mol. The second-order valence-electron chi connectivity index (χ2n) is 8.37. The third kappa shape index (κ3) is 5.03. The van der Waals surface area contributed by atoms with Crippen molar-refractivity contribution < 1.29 is 54.1 Å². The molecule has 1 aromatic rings. The number of carbonyl (C=O) groups excluding carboxylic acids is 1. The minimum atomic E-state index is -1.68. The van der Waals surface area contributed by atoms with Gasteiger partial charge in [0.1, 0.15) is 48.1 Å². The molecule has 11 nitrogen and oxygen atoms in total. The van der Waals surface area contributed by atoms with Crippen LogP contribution in [-0.2, 0) is 27.3 Å². The van der Waals surface area contributed by atoms with Crippen LogP contribution in [0.2, 0.25) is 0 Å². The van der Waals surface area contributed by atoms with Gasteiger partial charge in [-0.05, 0) is 25.8 Å². The maximum Gasteiger partial charge on any atom is 0.342 e. The number of cyclic esters (lactones) is 1. The van der Waals surface area contributed by atoms with Crippen molar-refractivity contribution in [2.45, 2.75) is 70.4 Å². The Hall–Kier alpha value is -2.70. The van der Waals surface area contributed by atoms with Crippen molar-refractivity contribution >= 4 is 11.9 Å². The second kappa shape index (κ2) is 10.7. The van der Waals surface area contributed by atoms with Crippen LogP contribution in [0, 0.1) is 6.92 Å². The highest BCUT2D eigenvalue weighted by Crippen LogP contribution is 2.44. The summed E-state index contributed by atoms with van der Waals surface area (Å²) in [6, 6.07) is 0. The van der Waals surface area contributed by atoms with Gasteiger partial charge in [0.2, 0.25) is 6.29 Å². The molecule has 34 heavy (non-hydrogen) atoms. The number of fused-ring (bicyclic) bond motifs is 1. The smallest absolute Gasteiger partial charge is 0.342 e. The Morgan fingerprint density at radius 3 is 2.50 bits per heavy atom. The summed E-state index contributed by atoms with van der Waals surface area (Å²) in [5, 5.41) is 49.0.